The maximum absolute atomic E-state index is 12.5. The van der Waals surface area contributed by atoms with Crippen molar-refractivity contribution in [1.29, 1.82) is 0 Å². The van der Waals surface area contributed by atoms with Crippen LogP contribution in [-0.4, -0.2) is 49.5 Å². The van der Waals surface area contributed by atoms with Crippen LogP contribution in [0, 0.1) is 5.92 Å². The van der Waals surface area contributed by atoms with Crippen LogP contribution in [0.3, 0.4) is 0 Å². The Hall–Kier alpha value is -1.24. The molecule has 1 fully saturated rings. The Bertz CT molecular complexity index is 579. The van der Waals surface area contributed by atoms with Gasteiger partial charge in [-0.3, -0.25) is 9.59 Å². The summed E-state index contributed by atoms with van der Waals surface area (Å²) in [4.78, 5) is 24.9. The smallest absolute Gasteiger partial charge is 0.253 e. The van der Waals surface area contributed by atoms with Crippen molar-refractivity contribution in [3.63, 3.8) is 0 Å². The number of rotatable bonds is 9. The number of carbonyl (C=O) groups is 2. The lowest BCUT2D eigenvalue weighted by molar-refractivity contribution is -0.123. The summed E-state index contributed by atoms with van der Waals surface area (Å²) in [6.45, 7) is 2.72. The van der Waals surface area contributed by atoms with Gasteiger partial charge in [-0.1, -0.05) is 23.7 Å². The number of hydrogen-bond acceptors (Lipinski definition) is 4. The molecule has 1 saturated heterocycles. The van der Waals surface area contributed by atoms with Gasteiger partial charge in [0.25, 0.3) is 5.91 Å². The van der Waals surface area contributed by atoms with E-state index in [-0.39, 0.29) is 11.8 Å². The minimum absolute atomic E-state index is 0.125. The van der Waals surface area contributed by atoms with Crippen LogP contribution in [0.5, 0.6) is 0 Å². The Morgan fingerprint density at radius 1 is 1.40 bits per heavy atom. The summed E-state index contributed by atoms with van der Waals surface area (Å²) >= 11 is 7.72. The first-order valence-electron chi connectivity index (χ1n) is 8.64. The highest BCUT2D eigenvalue weighted by molar-refractivity contribution is 7.98. The number of carbonyl (C=O) groups excluding carboxylic acids is 2. The Morgan fingerprint density at radius 3 is 2.88 bits per heavy atom. The van der Waals surface area contributed by atoms with Gasteiger partial charge in [0.15, 0.2) is 0 Å². The Labute approximate surface area is 158 Å². The fourth-order valence-electron chi connectivity index (χ4n) is 2.87. The summed E-state index contributed by atoms with van der Waals surface area (Å²) in [5, 5.41) is 9.50. The monoisotopic (exact) mass is 383 g/mol. The third kappa shape index (κ3) is 6.53. The van der Waals surface area contributed by atoms with E-state index in [9.17, 15) is 9.59 Å². The molecule has 25 heavy (non-hydrogen) atoms. The summed E-state index contributed by atoms with van der Waals surface area (Å²) in [6, 6.07) is 6.32. The third-order valence-electron chi connectivity index (χ3n) is 4.37. The van der Waals surface area contributed by atoms with Crippen molar-refractivity contribution < 1.29 is 9.59 Å². The molecule has 0 radical (unpaired) electrons. The molecule has 0 spiro atoms. The highest BCUT2D eigenvalue weighted by Crippen LogP contribution is 2.15. The van der Waals surface area contributed by atoms with E-state index < -0.39 is 6.04 Å². The molecular weight excluding hydrogens is 358 g/mol. The second kappa shape index (κ2) is 10.7. The quantitative estimate of drug-likeness (QED) is 0.612. The molecule has 2 unspecified atom stereocenters. The highest BCUT2D eigenvalue weighted by atomic mass is 35.5. The number of amides is 2. The fourth-order valence-corrected chi connectivity index (χ4v) is 3.56. The molecule has 1 aliphatic rings. The minimum Gasteiger partial charge on any atom is -0.354 e. The van der Waals surface area contributed by atoms with Crippen LogP contribution < -0.4 is 16.0 Å². The topological polar surface area (TPSA) is 70.2 Å². The van der Waals surface area contributed by atoms with E-state index in [1.165, 1.54) is 0 Å². The molecule has 1 aromatic rings. The van der Waals surface area contributed by atoms with E-state index in [2.05, 4.69) is 16.0 Å². The van der Waals surface area contributed by atoms with Gasteiger partial charge in [0.1, 0.15) is 6.04 Å². The molecule has 2 amide bonds. The molecule has 138 valence electrons. The SMILES string of the molecule is CSCCC(NC(=O)c1ccccc1Cl)C(=O)NCCC1CCNC1. The van der Waals surface area contributed by atoms with E-state index in [0.29, 0.717) is 29.5 Å². The van der Waals surface area contributed by atoms with Crippen molar-refractivity contribution in [3.8, 4) is 0 Å². The van der Waals surface area contributed by atoms with Crippen LogP contribution >= 0.6 is 23.4 Å². The zero-order chi connectivity index (χ0) is 18.1. The predicted molar refractivity (Wildman–Crippen MR) is 104 cm³/mol. The molecular formula is C18H26ClN3O2S. The van der Waals surface area contributed by atoms with Crippen LogP contribution in [0.15, 0.2) is 24.3 Å². The summed E-state index contributed by atoms with van der Waals surface area (Å²) in [5.74, 6) is 0.989. The summed E-state index contributed by atoms with van der Waals surface area (Å²) < 4.78 is 0. The van der Waals surface area contributed by atoms with Crippen LogP contribution in [0.4, 0.5) is 0 Å². The fraction of sp³-hybridized carbons (Fsp3) is 0.556. The molecule has 5 nitrogen and oxygen atoms in total. The molecule has 0 aliphatic carbocycles. The number of thioether (sulfide) groups is 1. The van der Waals surface area contributed by atoms with Crippen LogP contribution in [0.2, 0.25) is 5.02 Å². The lowest BCUT2D eigenvalue weighted by Crippen LogP contribution is -2.47. The van der Waals surface area contributed by atoms with Crippen LogP contribution in [-0.2, 0) is 4.79 Å². The lowest BCUT2D eigenvalue weighted by Gasteiger charge is -2.19. The molecule has 2 rings (SSSR count). The van der Waals surface area contributed by atoms with E-state index in [4.69, 9.17) is 11.6 Å². The average Bonchev–Trinajstić information content (AvgIpc) is 3.12. The molecule has 7 heteroatoms. The molecule has 3 N–H and O–H groups in total. The van der Waals surface area contributed by atoms with Gasteiger partial charge >= 0.3 is 0 Å². The molecule has 1 aromatic carbocycles. The second-order valence-electron chi connectivity index (χ2n) is 6.23. The van der Waals surface area contributed by atoms with Crippen LogP contribution in [0.25, 0.3) is 0 Å². The van der Waals surface area contributed by atoms with Gasteiger partial charge in [-0.05, 0) is 62.4 Å². The van der Waals surface area contributed by atoms with Crippen LogP contribution in [0.1, 0.15) is 29.6 Å². The van der Waals surface area contributed by atoms with Gasteiger partial charge < -0.3 is 16.0 Å². The number of nitrogens with one attached hydrogen (secondary N) is 3. The Kier molecular flexibility index (Phi) is 8.58. The largest absolute Gasteiger partial charge is 0.354 e. The first-order valence-corrected chi connectivity index (χ1v) is 10.4. The zero-order valence-electron chi connectivity index (χ0n) is 14.5. The number of hydrogen-bond donors (Lipinski definition) is 3. The minimum atomic E-state index is -0.544. The van der Waals surface area contributed by atoms with Crippen molar-refractivity contribution >= 4 is 35.2 Å². The summed E-state index contributed by atoms with van der Waals surface area (Å²) in [6.07, 6.45) is 4.70. The van der Waals surface area contributed by atoms with Crippen molar-refractivity contribution in [2.45, 2.75) is 25.3 Å². The van der Waals surface area contributed by atoms with Crippen molar-refractivity contribution in [3.05, 3.63) is 34.9 Å². The molecule has 2 atom stereocenters. The van der Waals surface area contributed by atoms with Gasteiger partial charge in [-0.2, -0.15) is 11.8 Å². The first kappa shape index (κ1) is 20.1. The normalized spacial score (nSPS) is 17.9. The Morgan fingerprint density at radius 2 is 2.20 bits per heavy atom. The number of benzene rings is 1. The van der Waals surface area contributed by atoms with Crippen molar-refractivity contribution in [2.24, 2.45) is 5.92 Å². The van der Waals surface area contributed by atoms with Crippen molar-refractivity contribution in [2.75, 3.05) is 31.6 Å². The van der Waals surface area contributed by atoms with E-state index in [1.807, 2.05) is 6.26 Å². The maximum Gasteiger partial charge on any atom is 0.253 e. The van der Waals surface area contributed by atoms with E-state index in [1.54, 1.807) is 36.0 Å². The Balaban J connectivity index is 1.88. The molecule has 1 heterocycles. The lowest BCUT2D eigenvalue weighted by atomic mass is 10.1. The standard InChI is InChI=1S/C18H26ClN3O2S/c1-25-11-8-16(18(24)21-10-7-13-6-9-20-12-13)22-17(23)14-4-2-3-5-15(14)19/h2-5,13,16,20H,6-12H2,1H3,(H,21,24)(H,22,23). The van der Waals surface area contributed by atoms with Gasteiger partial charge in [-0.25, -0.2) is 0 Å². The zero-order valence-corrected chi connectivity index (χ0v) is 16.1. The molecule has 0 bridgehead atoms. The predicted octanol–water partition coefficient (Wildman–Crippen LogP) is 2.31. The molecule has 0 aromatic heterocycles. The third-order valence-corrected chi connectivity index (χ3v) is 5.34. The van der Waals surface area contributed by atoms with E-state index in [0.717, 1.165) is 31.7 Å². The highest BCUT2D eigenvalue weighted by Gasteiger charge is 2.22. The number of halogens is 1. The first-order chi connectivity index (χ1) is 12.1. The van der Waals surface area contributed by atoms with Crippen molar-refractivity contribution in [1.82, 2.24) is 16.0 Å². The van der Waals surface area contributed by atoms with Gasteiger partial charge in [0.05, 0.1) is 10.6 Å². The van der Waals surface area contributed by atoms with Gasteiger partial charge in [0.2, 0.25) is 5.91 Å². The summed E-state index contributed by atoms with van der Waals surface area (Å²) in [5.41, 5.74) is 0.392. The molecule has 1 aliphatic heterocycles. The van der Waals surface area contributed by atoms with E-state index >= 15 is 0 Å². The molecule has 0 saturated carbocycles. The second-order valence-corrected chi connectivity index (χ2v) is 7.62. The average molecular weight is 384 g/mol. The van der Waals surface area contributed by atoms with Gasteiger partial charge in [-0.15, -0.1) is 0 Å². The van der Waals surface area contributed by atoms with Gasteiger partial charge in [0, 0.05) is 6.54 Å². The maximum atomic E-state index is 12.5. The summed E-state index contributed by atoms with van der Waals surface area (Å²) in [7, 11) is 0.